The molecule has 3 aromatic rings. The average Bonchev–Trinajstić information content (AvgIpc) is 2.69. The van der Waals surface area contributed by atoms with E-state index in [1.807, 2.05) is 12.1 Å². The topological polar surface area (TPSA) is 107 Å². The van der Waals surface area contributed by atoms with Gasteiger partial charge in [0.25, 0.3) is 0 Å². The molecule has 0 aliphatic heterocycles. The summed E-state index contributed by atoms with van der Waals surface area (Å²) < 4.78 is 10.6. The van der Waals surface area contributed by atoms with E-state index in [0.717, 1.165) is 5.56 Å². The van der Waals surface area contributed by atoms with Gasteiger partial charge in [-0.05, 0) is 17.7 Å². The molecule has 9 heteroatoms. The molecule has 0 bridgehead atoms. The highest BCUT2D eigenvalue weighted by molar-refractivity contribution is 6.32. The first-order valence-electron chi connectivity index (χ1n) is 8.04. The molecular formula is C18H19ClN6O2. The molecule has 0 aliphatic rings. The fraction of sp³-hybridized carbons (Fsp3) is 0.167. The van der Waals surface area contributed by atoms with E-state index in [2.05, 4.69) is 25.6 Å². The van der Waals surface area contributed by atoms with Gasteiger partial charge in [-0.15, -0.1) is 0 Å². The summed E-state index contributed by atoms with van der Waals surface area (Å²) in [5, 5.41) is 6.74. The molecule has 0 fully saturated rings. The standard InChI is InChI=1S/C18H19ClN6O2/c1-26-14-7-15(27-2)13(6-12(14)19)25-18-16(20)17(23-10-24-18)22-9-11-4-3-5-21-8-11/h3-8,10H,9,20H2,1-2H3,(H2,22,23,24,25). The number of hydrogen-bond donors (Lipinski definition) is 3. The maximum absolute atomic E-state index is 6.22. The predicted molar refractivity (Wildman–Crippen MR) is 106 cm³/mol. The van der Waals surface area contributed by atoms with Crippen LogP contribution in [0.4, 0.5) is 23.0 Å². The summed E-state index contributed by atoms with van der Waals surface area (Å²) in [5.41, 5.74) is 8.20. The molecule has 0 radical (unpaired) electrons. The third-order valence-corrected chi connectivity index (χ3v) is 4.09. The molecule has 0 aliphatic carbocycles. The van der Waals surface area contributed by atoms with Crippen LogP contribution in [0.1, 0.15) is 5.56 Å². The first-order chi connectivity index (χ1) is 13.1. The lowest BCUT2D eigenvalue weighted by molar-refractivity contribution is 0.396. The zero-order valence-electron chi connectivity index (χ0n) is 14.9. The SMILES string of the molecule is COc1cc(OC)c(Nc2ncnc(NCc3cccnc3)c2N)cc1Cl. The van der Waals surface area contributed by atoms with Crippen molar-refractivity contribution >= 4 is 34.6 Å². The van der Waals surface area contributed by atoms with Crippen molar-refractivity contribution in [2.45, 2.75) is 6.54 Å². The van der Waals surface area contributed by atoms with E-state index in [1.54, 1.807) is 31.6 Å². The van der Waals surface area contributed by atoms with Gasteiger partial charge >= 0.3 is 0 Å². The number of nitrogens with zero attached hydrogens (tertiary/aromatic N) is 3. The predicted octanol–water partition coefficient (Wildman–Crippen LogP) is 3.48. The Morgan fingerprint density at radius 2 is 1.89 bits per heavy atom. The van der Waals surface area contributed by atoms with Crippen molar-refractivity contribution in [1.29, 1.82) is 0 Å². The second-order valence-electron chi connectivity index (χ2n) is 5.51. The number of aromatic nitrogens is 3. The van der Waals surface area contributed by atoms with Gasteiger partial charge < -0.3 is 25.8 Å². The van der Waals surface area contributed by atoms with E-state index in [9.17, 15) is 0 Å². The van der Waals surface area contributed by atoms with Crippen LogP contribution in [0.25, 0.3) is 0 Å². The Bertz CT molecular complexity index is 923. The Hall–Kier alpha value is -3.26. The molecule has 4 N–H and O–H groups in total. The van der Waals surface area contributed by atoms with Crippen LogP contribution in [0.3, 0.4) is 0 Å². The summed E-state index contributed by atoms with van der Waals surface area (Å²) in [6.45, 7) is 0.534. The van der Waals surface area contributed by atoms with Gasteiger partial charge in [-0.3, -0.25) is 4.98 Å². The van der Waals surface area contributed by atoms with Gasteiger partial charge in [-0.25, -0.2) is 9.97 Å². The van der Waals surface area contributed by atoms with E-state index >= 15 is 0 Å². The fourth-order valence-corrected chi connectivity index (χ4v) is 2.65. The fourth-order valence-electron chi connectivity index (χ4n) is 2.41. The lowest BCUT2D eigenvalue weighted by Gasteiger charge is -2.16. The van der Waals surface area contributed by atoms with E-state index < -0.39 is 0 Å². The molecule has 27 heavy (non-hydrogen) atoms. The zero-order chi connectivity index (χ0) is 19.2. The van der Waals surface area contributed by atoms with Gasteiger partial charge in [0.15, 0.2) is 11.6 Å². The lowest BCUT2D eigenvalue weighted by Crippen LogP contribution is -2.08. The summed E-state index contributed by atoms with van der Waals surface area (Å²) in [6, 6.07) is 7.20. The summed E-state index contributed by atoms with van der Waals surface area (Å²) >= 11 is 6.21. The first kappa shape index (κ1) is 18.5. The van der Waals surface area contributed by atoms with E-state index in [-0.39, 0.29) is 0 Å². The zero-order valence-corrected chi connectivity index (χ0v) is 15.6. The van der Waals surface area contributed by atoms with Gasteiger partial charge in [0.2, 0.25) is 0 Å². The van der Waals surface area contributed by atoms with Crippen LogP contribution in [0.5, 0.6) is 11.5 Å². The highest BCUT2D eigenvalue weighted by Gasteiger charge is 2.14. The molecular weight excluding hydrogens is 368 g/mol. The minimum atomic E-state index is 0.371. The van der Waals surface area contributed by atoms with Crippen molar-refractivity contribution in [3.8, 4) is 11.5 Å². The number of nitrogens with one attached hydrogen (secondary N) is 2. The molecule has 140 valence electrons. The summed E-state index contributed by atoms with van der Waals surface area (Å²) in [6.07, 6.45) is 4.91. The van der Waals surface area contributed by atoms with E-state index in [0.29, 0.717) is 46.1 Å². The number of benzene rings is 1. The Morgan fingerprint density at radius 1 is 1.11 bits per heavy atom. The van der Waals surface area contributed by atoms with Gasteiger partial charge in [0, 0.05) is 25.0 Å². The van der Waals surface area contributed by atoms with Crippen molar-refractivity contribution < 1.29 is 9.47 Å². The third kappa shape index (κ3) is 4.29. The Morgan fingerprint density at radius 3 is 2.59 bits per heavy atom. The van der Waals surface area contributed by atoms with Crippen molar-refractivity contribution in [2.75, 3.05) is 30.6 Å². The Balaban J connectivity index is 1.83. The number of halogens is 1. The van der Waals surface area contributed by atoms with Crippen LogP contribution < -0.4 is 25.8 Å². The third-order valence-electron chi connectivity index (χ3n) is 3.79. The Kier molecular flexibility index (Phi) is 5.77. The highest BCUT2D eigenvalue weighted by Crippen LogP contribution is 2.38. The summed E-state index contributed by atoms with van der Waals surface area (Å²) in [7, 11) is 3.09. The number of pyridine rings is 1. The van der Waals surface area contributed by atoms with Crippen LogP contribution in [0.15, 0.2) is 43.0 Å². The molecule has 0 amide bonds. The first-order valence-corrected chi connectivity index (χ1v) is 8.42. The molecule has 0 saturated carbocycles. The maximum atomic E-state index is 6.22. The second kappa shape index (κ2) is 8.41. The molecule has 2 heterocycles. The van der Waals surface area contributed by atoms with Crippen LogP contribution in [0.2, 0.25) is 5.02 Å². The minimum absolute atomic E-state index is 0.371. The number of nitrogen functional groups attached to an aromatic ring is 1. The van der Waals surface area contributed by atoms with Crippen molar-refractivity contribution in [1.82, 2.24) is 15.0 Å². The lowest BCUT2D eigenvalue weighted by atomic mass is 10.2. The van der Waals surface area contributed by atoms with Crippen molar-refractivity contribution in [3.63, 3.8) is 0 Å². The highest BCUT2D eigenvalue weighted by atomic mass is 35.5. The molecule has 3 rings (SSSR count). The van der Waals surface area contributed by atoms with Crippen LogP contribution in [-0.2, 0) is 6.54 Å². The smallest absolute Gasteiger partial charge is 0.159 e. The summed E-state index contributed by atoms with van der Waals surface area (Å²) in [5.74, 6) is 1.99. The Labute approximate surface area is 161 Å². The number of ether oxygens (including phenoxy) is 2. The number of nitrogens with two attached hydrogens (primary N) is 1. The van der Waals surface area contributed by atoms with Gasteiger partial charge in [-0.2, -0.15) is 0 Å². The second-order valence-corrected chi connectivity index (χ2v) is 5.92. The van der Waals surface area contributed by atoms with Crippen molar-refractivity contribution in [3.05, 3.63) is 53.6 Å². The molecule has 1 aromatic carbocycles. The molecule has 0 saturated heterocycles. The molecule has 0 atom stereocenters. The normalized spacial score (nSPS) is 10.3. The largest absolute Gasteiger partial charge is 0.495 e. The van der Waals surface area contributed by atoms with Gasteiger partial charge in [0.1, 0.15) is 23.5 Å². The molecule has 0 unspecified atom stereocenters. The molecule has 8 nitrogen and oxygen atoms in total. The average molecular weight is 387 g/mol. The monoisotopic (exact) mass is 386 g/mol. The molecule has 2 aromatic heterocycles. The van der Waals surface area contributed by atoms with Crippen LogP contribution in [-0.4, -0.2) is 29.2 Å². The number of methoxy groups -OCH3 is 2. The maximum Gasteiger partial charge on any atom is 0.159 e. The van der Waals surface area contributed by atoms with Crippen LogP contribution in [0, 0.1) is 0 Å². The summed E-state index contributed by atoms with van der Waals surface area (Å²) in [4.78, 5) is 12.5. The van der Waals surface area contributed by atoms with Gasteiger partial charge in [0.05, 0.1) is 24.9 Å². The van der Waals surface area contributed by atoms with Crippen molar-refractivity contribution in [2.24, 2.45) is 0 Å². The number of rotatable bonds is 7. The number of hydrogen-bond acceptors (Lipinski definition) is 8. The quantitative estimate of drug-likeness (QED) is 0.566. The van der Waals surface area contributed by atoms with Crippen LogP contribution >= 0.6 is 11.6 Å². The minimum Gasteiger partial charge on any atom is -0.495 e. The van der Waals surface area contributed by atoms with E-state index in [1.165, 1.54) is 13.4 Å². The number of anilines is 4. The van der Waals surface area contributed by atoms with Gasteiger partial charge in [-0.1, -0.05) is 17.7 Å². The van der Waals surface area contributed by atoms with E-state index in [4.69, 9.17) is 26.8 Å². The molecule has 0 spiro atoms.